The zero-order valence-corrected chi connectivity index (χ0v) is 13.4. The van der Waals surface area contributed by atoms with Gasteiger partial charge < -0.3 is 14.2 Å². The molecule has 0 spiro atoms. The van der Waals surface area contributed by atoms with E-state index < -0.39 is 0 Å². The van der Waals surface area contributed by atoms with Crippen molar-refractivity contribution in [2.45, 2.75) is 13.0 Å². The molecule has 0 fully saturated rings. The van der Waals surface area contributed by atoms with Gasteiger partial charge in [0, 0.05) is 17.5 Å². The molecule has 118 valence electrons. The highest BCUT2D eigenvalue weighted by molar-refractivity contribution is 5.96. The first kappa shape index (κ1) is 13.9. The lowest BCUT2D eigenvalue weighted by atomic mass is 9.95. The van der Waals surface area contributed by atoms with Gasteiger partial charge in [0.1, 0.15) is 5.75 Å². The zero-order valence-electron chi connectivity index (χ0n) is 13.4. The van der Waals surface area contributed by atoms with Crippen LogP contribution >= 0.6 is 0 Å². The monoisotopic (exact) mass is 310 g/mol. The van der Waals surface area contributed by atoms with E-state index in [2.05, 4.69) is 10.7 Å². The number of aryl methyl sites for hydroxylation is 2. The summed E-state index contributed by atoms with van der Waals surface area (Å²) in [5.74, 6) is 2.33. The third kappa shape index (κ3) is 2.04. The van der Waals surface area contributed by atoms with Gasteiger partial charge in [-0.2, -0.15) is 5.10 Å². The van der Waals surface area contributed by atoms with E-state index in [0.29, 0.717) is 0 Å². The molecule has 0 unspecified atom stereocenters. The predicted octanol–water partition coefficient (Wildman–Crippen LogP) is 3.29. The summed E-state index contributed by atoms with van der Waals surface area (Å²) in [5.41, 5.74) is 4.48. The molecule has 0 radical (unpaired) electrons. The maximum absolute atomic E-state index is 5.47. The van der Waals surface area contributed by atoms with Crippen molar-refractivity contribution >= 4 is 10.9 Å². The highest BCUT2D eigenvalue weighted by atomic mass is 16.5. The van der Waals surface area contributed by atoms with Crippen LogP contribution in [0.4, 0.5) is 0 Å². The van der Waals surface area contributed by atoms with Crippen molar-refractivity contribution in [3.63, 3.8) is 0 Å². The van der Waals surface area contributed by atoms with E-state index in [0.717, 1.165) is 52.4 Å². The second-order valence-corrected chi connectivity index (χ2v) is 5.57. The van der Waals surface area contributed by atoms with E-state index in [1.165, 1.54) is 5.56 Å². The van der Waals surface area contributed by atoms with Crippen LogP contribution in [0.15, 0.2) is 30.3 Å². The van der Waals surface area contributed by atoms with E-state index in [4.69, 9.17) is 19.3 Å². The molecule has 5 nitrogen and oxygen atoms in total. The summed E-state index contributed by atoms with van der Waals surface area (Å²) in [5, 5.41) is 5.81. The lowest BCUT2D eigenvalue weighted by molar-refractivity contribution is 0.354. The van der Waals surface area contributed by atoms with Gasteiger partial charge in [0.15, 0.2) is 11.5 Å². The van der Waals surface area contributed by atoms with Gasteiger partial charge in [-0.25, -0.2) is 0 Å². The minimum absolute atomic E-state index is 0.733. The Balaban J connectivity index is 2.00. The smallest absolute Gasteiger partial charge is 0.161 e. The van der Waals surface area contributed by atoms with E-state index in [1.54, 1.807) is 21.3 Å². The van der Waals surface area contributed by atoms with Gasteiger partial charge in [-0.3, -0.25) is 4.68 Å². The maximum Gasteiger partial charge on any atom is 0.161 e. The molecule has 0 N–H and O–H groups in total. The average Bonchev–Trinajstić information content (AvgIpc) is 2.98. The Morgan fingerprint density at radius 1 is 0.957 bits per heavy atom. The molecule has 0 amide bonds. The number of fused-ring (bicyclic) bond motifs is 5. The lowest BCUT2D eigenvalue weighted by Gasteiger charge is -2.20. The fourth-order valence-electron chi connectivity index (χ4n) is 3.26. The minimum Gasteiger partial charge on any atom is -0.497 e. The molecule has 5 heteroatoms. The van der Waals surface area contributed by atoms with Crippen molar-refractivity contribution in [1.29, 1.82) is 0 Å². The molecule has 4 rings (SSSR count). The Labute approximate surface area is 134 Å². The summed E-state index contributed by atoms with van der Waals surface area (Å²) < 4.78 is 18.3. The lowest BCUT2D eigenvalue weighted by Crippen LogP contribution is -2.12. The van der Waals surface area contributed by atoms with Gasteiger partial charge in [0.2, 0.25) is 0 Å². The van der Waals surface area contributed by atoms with Gasteiger partial charge in [0.25, 0.3) is 0 Å². The summed E-state index contributed by atoms with van der Waals surface area (Å²) in [6.45, 7) is 0.856. The molecule has 2 heterocycles. The number of methoxy groups -OCH3 is 3. The molecule has 0 aliphatic carbocycles. The van der Waals surface area contributed by atoms with Crippen molar-refractivity contribution < 1.29 is 14.2 Å². The minimum atomic E-state index is 0.733. The van der Waals surface area contributed by atoms with Crippen molar-refractivity contribution in [1.82, 2.24) is 9.78 Å². The van der Waals surface area contributed by atoms with E-state index >= 15 is 0 Å². The average molecular weight is 310 g/mol. The number of aromatic nitrogens is 2. The van der Waals surface area contributed by atoms with Gasteiger partial charge in [-0.15, -0.1) is 0 Å². The van der Waals surface area contributed by atoms with Gasteiger partial charge >= 0.3 is 0 Å². The van der Waals surface area contributed by atoms with Gasteiger partial charge in [-0.1, -0.05) is 0 Å². The Morgan fingerprint density at radius 3 is 2.48 bits per heavy atom. The van der Waals surface area contributed by atoms with E-state index in [9.17, 15) is 0 Å². The fourth-order valence-corrected chi connectivity index (χ4v) is 3.26. The third-order valence-electron chi connectivity index (χ3n) is 4.40. The SMILES string of the molecule is COc1ccc2nn3c(c2c1)-c1cc(OC)c(OC)cc1CC3. The molecule has 0 saturated carbocycles. The second kappa shape index (κ2) is 5.19. The molecule has 1 aliphatic heterocycles. The number of ether oxygens (including phenoxy) is 3. The van der Waals surface area contributed by atoms with Crippen molar-refractivity contribution in [2.24, 2.45) is 0 Å². The van der Waals surface area contributed by atoms with Gasteiger partial charge in [-0.05, 0) is 42.3 Å². The molecule has 1 aliphatic rings. The first-order chi connectivity index (χ1) is 11.2. The topological polar surface area (TPSA) is 45.5 Å². The van der Waals surface area contributed by atoms with Crippen LogP contribution < -0.4 is 14.2 Å². The molecular weight excluding hydrogens is 292 g/mol. The van der Waals surface area contributed by atoms with Crippen LogP contribution in [0.25, 0.3) is 22.2 Å². The largest absolute Gasteiger partial charge is 0.497 e. The number of hydrogen-bond donors (Lipinski definition) is 0. The number of hydrogen-bond acceptors (Lipinski definition) is 4. The first-order valence-corrected chi connectivity index (χ1v) is 7.55. The van der Waals surface area contributed by atoms with Crippen molar-refractivity contribution in [2.75, 3.05) is 21.3 Å². The Bertz CT molecular complexity index is 899. The number of nitrogens with zero attached hydrogens (tertiary/aromatic N) is 2. The van der Waals surface area contributed by atoms with Crippen LogP contribution in [-0.2, 0) is 13.0 Å². The first-order valence-electron chi connectivity index (χ1n) is 7.55. The van der Waals surface area contributed by atoms with Crippen LogP contribution in [0.3, 0.4) is 0 Å². The summed E-state index contributed by atoms with van der Waals surface area (Å²) in [4.78, 5) is 0. The zero-order chi connectivity index (χ0) is 16.0. The molecule has 3 aromatic rings. The summed E-state index contributed by atoms with van der Waals surface area (Å²) in [7, 11) is 5.00. The fraction of sp³-hybridized carbons (Fsp3) is 0.278. The van der Waals surface area contributed by atoms with E-state index in [-0.39, 0.29) is 0 Å². The summed E-state index contributed by atoms with van der Waals surface area (Å²) in [6, 6.07) is 10.1. The van der Waals surface area contributed by atoms with Crippen LogP contribution in [0, 0.1) is 0 Å². The highest BCUT2D eigenvalue weighted by Gasteiger charge is 2.23. The standard InChI is InChI=1S/C18H18N2O3/c1-21-12-4-5-15-14(9-12)18-13-10-17(23-3)16(22-2)8-11(13)6-7-20(18)19-15/h4-5,8-10H,6-7H2,1-3H3. The van der Waals surface area contributed by atoms with Crippen molar-refractivity contribution in [3.8, 4) is 28.5 Å². The Kier molecular flexibility index (Phi) is 3.15. The predicted molar refractivity (Wildman–Crippen MR) is 88.5 cm³/mol. The third-order valence-corrected chi connectivity index (χ3v) is 4.40. The molecule has 0 bridgehead atoms. The summed E-state index contributed by atoms with van der Waals surface area (Å²) in [6.07, 6.45) is 0.924. The van der Waals surface area contributed by atoms with Crippen molar-refractivity contribution in [3.05, 3.63) is 35.9 Å². The molecule has 0 saturated heterocycles. The molecule has 23 heavy (non-hydrogen) atoms. The molecule has 1 aromatic heterocycles. The quantitative estimate of drug-likeness (QED) is 0.745. The highest BCUT2D eigenvalue weighted by Crippen LogP contribution is 2.41. The molecular formula is C18H18N2O3. The number of rotatable bonds is 3. The molecule has 0 atom stereocenters. The Hall–Kier alpha value is -2.69. The normalized spacial score (nSPS) is 12.7. The number of benzene rings is 2. The van der Waals surface area contributed by atoms with Gasteiger partial charge in [0.05, 0.1) is 32.5 Å². The van der Waals surface area contributed by atoms with Crippen LogP contribution in [0.2, 0.25) is 0 Å². The maximum atomic E-state index is 5.47. The van der Waals surface area contributed by atoms with Crippen LogP contribution in [0.1, 0.15) is 5.56 Å². The van der Waals surface area contributed by atoms with Crippen LogP contribution in [-0.4, -0.2) is 31.1 Å². The van der Waals surface area contributed by atoms with Crippen LogP contribution in [0.5, 0.6) is 17.2 Å². The molecule has 2 aromatic carbocycles. The second-order valence-electron chi connectivity index (χ2n) is 5.57. The van der Waals surface area contributed by atoms with E-state index in [1.807, 2.05) is 24.3 Å². The Morgan fingerprint density at radius 2 is 1.74 bits per heavy atom. The summed E-state index contributed by atoms with van der Waals surface area (Å²) >= 11 is 0.